The number of carbonyl (C=O) groups excluding carboxylic acids is 2. The Morgan fingerprint density at radius 3 is 2.56 bits per heavy atom. The molecule has 0 aliphatic carbocycles. The van der Waals surface area contributed by atoms with Gasteiger partial charge < -0.3 is 19.4 Å². The molecule has 1 saturated heterocycles. The lowest BCUT2D eigenvalue weighted by atomic mass is 10.2. The lowest BCUT2D eigenvalue weighted by Crippen LogP contribution is -2.50. The Bertz CT molecular complexity index is 775. The van der Waals surface area contributed by atoms with Gasteiger partial charge >= 0.3 is 6.61 Å². The number of benzene rings is 1. The Balaban J connectivity index is 1.49. The van der Waals surface area contributed by atoms with E-state index in [1.54, 1.807) is 23.1 Å². The maximum absolute atomic E-state index is 12.4. The second-order valence-corrected chi connectivity index (χ2v) is 6.00. The summed E-state index contributed by atoms with van der Waals surface area (Å²) in [6.45, 7) is -0.830. The highest BCUT2D eigenvalue weighted by molar-refractivity contribution is 5.94. The fourth-order valence-electron chi connectivity index (χ4n) is 2.84. The Labute approximate surface area is 154 Å². The molecule has 0 bridgehead atoms. The average Bonchev–Trinajstić information content (AvgIpc) is 3.18. The quantitative estimate of drug-likeness (QED) is 0.834. The van der Waals surface area contributed by atoms with E-state index in [1.165, 1.54) is 24.7 Å². The number of amides is 2. The molecule has 1 aromatic carbocycles. The minimum absolute atomic E-state index is 0.0867. The van der Waals surface area contributed by atoms with Crippen LogP contribution in [-0.2, 0) is 4.79 Å². The van der Waals surface area contributed by atoms with Crippen molar-refractivity contribution in [1.82, 2.24) is 9.80 Å². The van der Waals surface area contributed by atoms with Crippen molar-refractivity contribution in [1.29, 1.82) is 0 Å². The minimum atomic E-state index is -2.97. The maximum Gasteiger partial charge on any atom is 0.387 e. The predicted octanol–water partition coefficient (Wildman–Crippen LogP) is 2.28. The number of furan rings is 1. The van der Waals surface area contributed by atoms with Crippen LogP contribution in [0.5, 0.6) is 5.75 Å². The Kier molecular flexibility index (Phi) is 6.02. The maximum atomic E-state index is 12.4. The van der Waals surface area contributed by atoms with E-state index in [1.807, 2.05) is 4.90 Å². The summed E-state index contributed by atoms with van der Waals surface area (Å²) in [6.07, 6.45) is 2.85. The number of anilines is 1. The number of hydrogen-bond donors (Lipinski definition) is 1. The van der Waals surface area contributed by atoms with Gasteiger partial charge in [0.05, 0.1) is 24.1 Å². The molecule has 9 heteroatoms. The summed E-state index contributed by atoms with van der Waals surface area (Å²) in [6, 6.07) is 7.64. The van der Waals surface area contributed by atoms with Gasteiger partial charge in [-0.3, -0.25) is 14.5 Å². The normalized spacial score (nSPS) is 15.0. The monoisotopic (exact) mass is 379 g/mol. The summed E-state index contributed by atoms with van der Waals surface area (Å²) in [7, 11) is 0. The largest absolute Gasteiger partial charge is 0.472 e. The number of para-hydroxylation sites is 2. The summed E-state index contributed by atoms with van der Waals surface area (Å²) in [5.41, 5.74) is 0.688. The molecule has 2 amide bonds. The van der Waals surface area contributed by atoms with Crippen LogP contribution in [0, 0.1) is 0 Å². The van der Waals surface area contributed by atoms with Crippen molar-refractivity contribution in [3.05, 3.63) is 48.4 Å². The number of halogens is 2. The molecule has 0 atom stereocenters. The molecular formula is C18H19F2N3O4. The van der Waals surface area contributed by atoms with Crippen LogP contribution in [0.2, 0.25) is 0 Å². The van der Waals surface area contributed by atoms with Gasteiger partial charge in [0.2, 0.25) is 5.91 Å². The van der Waals surface area contributed by atoms with E-state index < -0.39 is 6.61 Å². The van der Waals surface area contributed by atoms with Crippen molar-refractivity contribution in [2.75, 3.05) is 38.0 Å². The zero-order chi connectivity index (χ0) is 19.2. The van der Waals surface area contributed by atoms with Gasteiger partial charge in [-0.25, -0.2) is 0 Å². The molecule has 1 aliphatic heterocycles. The smallest absolute Gasteiger partial charge is 0.387 e. The predicted molar refractivity (Wildman–Crippen MR) is 92.8 cm³/mol. The zero-order valence-electron chi connectivity index (χ0n) is 14.4. The van der Waals surface area contributed by atoms with Crippen molar-refractivity contribution in [2.45, 2.75) is 6.61 Å². The van der Waals surface area contributed by atoms with Crippen molar-refractivity contribution in [2.24, 2.45) is 0 Å². The third kappa shape index (κ3) is 5.04. The SMILES string of the molecule is O=C(CN1CCN(C(=O)c2ccoc2)CC1)Nc1ccccc1OC(F)F. The number of rotatable bonds is 6. The average molecular weight is 379 g/mol. The molecule has 0 spiro atoms. The first-order chi connectivity index (χ1) is 13.0. The highest BCUT2D eigenvalue weighted by Crippen LogP contribution is 2.25. The van der Waals surface area contributed by atoms with E-state index in [9.17, 15) is 18.4 Å². The van der Waals surface area contributed by atoms with E-state index in [-0.39, 0.29) is 29.8 Å². The number of ether oxygens (including phenoxy) is 1. The van der Waals surface area contributed by atoms with Crippen LogP contribution in [0.25, 0.3) is 0 Å². The Hall–Kier alpha value is -2.94. The lowest BCUT2D eigenvalue weighted by molar-refractivity contribution is -0.117. The third-order valence-electron chi connectivity index (χ3n) is 4.17. The van der Waals surface area contributed by atoms with Gasteiger partial charge in [-0.15, -0.1) is 0 Å². The van der Waals surface area contributed by atoms with Crippen LogP contribution < -0.4 is 10.1 Å². The highest BCUT2D eigenvalue weighted by atomic mass is 19.3. The number of carbonyl (C=O) groups is 2. The van der Waals surface area contributed by atoms with Crippen molar-refractivity contribution < 1.29 is 27.5 Å². The fraction of sp³-hybridized carbons (Fsp3) is 0.333. The topological polar surface area (TPSA) is 75.0 Å². The lowest BCUT2D eigenvalue weighted by Gasteiger charge is -2.34. The molecule has 1 fully saturated rings. The number of hydrogen-bond acceptors (Lipinski definition) is 5. The molecule has 0 saturated carbocycles. The molecule has 144 valence electrons. The number of piperazine rings is 1. The molecule has 27 heavy (non-hydrogen) atoms. The first kappa shape index (κ1) is 18.8. The van der Waals surface area contributed by atoms with Crippen LogP contribution in [0.3, 0.4) is 0 Å². The fourth-order valence-corrected chi connectivity index (χ4v) is 2.84. The molecule has 2 aromatic rings. The van der Waals surface area contributed by atoms with Crippen molar-refractivity contribution in [3.63, 3.8) is 0 Å². The molecule has 1 aromatic heterocycles. The van der Waals surface area contributed by atoms with Gasteiger partial charge in [-0.2, -0.15) is 8.78 Å². The second-order valence-electron chi connectivity index (χ2n) is 6.00. The van der Waals surface area contributed by atoms with Gasteiger partial charge in [-0.05, 0) is 18.2 Å². The van der Waals surface area contributed by atoms with Gasteiger partial charge in [0.1, 0.15) is 12.0 Å². The summed E-state index contributed by atoms with van der Waals surface area (Å²) < 4.78 is 34.2. The van der Waals surface area contributed by atoms with Crippen LogP contribution in [-0.4, -0.2) is 60.9 Å². The molecule has 1 N–H and O–H groups in total. The van der Waals surface area contributed by atoms with Gasteiger partial charge in [-0.1, -0.05) is 12.1 Å². The summed E-state index contributed by atoms with van der Waals surface area (Å²) >= 11 is 0. The second kappa shape index (κ2) is 8.63. The van der Waals surface area contributed by atoms with Crippen LogP contribution >= 0.6 is 0 Å². The van der Waals surface area contributed by atoms with Crippen molar-refractivity contribution in [3.8, 4) is 5.75 Å². The van der Waals surface area contributed by atoms with E-state index >= 15 is 0 Å². The third-order valence-corrected chi connectivity index (χ3v) is 4.17. The summed E-state index contributed by atoms with van der Waals surface area (Å²) in [4.78, 5) is 28.1. The first-order valence-electron chi connectivity index (χ1n) is 8.40. The Morgan fingerprint density at radius 1 is 1.15 bits per heavy atom. The zero-order valence-corrected chi connectivity index (χ0v) is 14.4. The van der Waals surface area contributed by atoms with Gasteiger partial charge in [0.15, 0.2) is 0 Å². The van der Waals surface area contributed by atoms with Crippen LogP contribution in [0.15, 0.2) is 47.3 Å². The number of nitrogens with one attached hydrogen (secondary N) is 1. The standard InChI is InChI=1S/C18H19F2N3O4/c19-18(20)27-15-4-2-1-3-14(15)21-16(24)11-22-6-8-23(9-7-22)17(25)13-5-10-26-12-13/h1-5,10,12,18H,6-9,11H2,(H,21,24). The summed E-state index contributed by atoms with van der Waals surface area (Å²) in [5.74, 6) is -0.530. The number of alkyl halides is 2. The van der Waals surface area contributed by atoms with Crippen LogP contribution in [0.4, 0.5) is 14.5 Å². The van der Waals surface area contributed by atoms with E-state index in [2.05, 4.69) is 10.1 Å². The molecule has 0 unspecified atom stereocenters. The van der Waals surface area contributed by atoms with E-state index in [4.69, 9.17) is 4.42 Å². The van der Waals surface area contributed by atoms with Crippen molar-refractivity contribution >= 4 is 17.5 Å². The van der Waals surface area contributed by atoms with Gasteiger partial charge in [0, 0.05) is 26.2 Å². The molecule has 2 heterocycles. The molecular weight excluding hydrogens is 360 g/mol. The van der Waals surface area contributed by atoms with Gasteiger partial charge in [0.25, 0.3) is 5.91 Å². The van der Waals surface area contributed by atoms with E-state index in [0.29, 0.717) is 31.7 Å². The highest BCUT2D eigenvalue weighted by Gasteiger charge is 2.24. The number of nitrogens with zero attached hydrogens (tertiary/aromatic N) is 2. The Morgan fingerprint density at radius 2 is 1.89 bits per heavy atom. The molecule has 0 radical (unpaired) electrons. The minimum Gasteiger partial charge on any atom is -0.472 e. The molecule has 7 nitrogen and oxygen atoms in total. The van der Waals surface area contributed by atoms with E-state index in [0.717, 1.165) is 0 Å². The summed E-state index contributed by atoms with van der Waals surface area (Å²) in [5, 5.41) is 2.59. The van der Waals surface area contributed by atoms with Crippen LogP contribution in [0.1, 0.15) is 10.4 Å². The molecule has 3 rings (SSSR count). The molecule has 1 aliphatic rings. The first-order valence-corrected chi connectivity index (χ1v) is 8.40.